The van der Waals surface area contributed by atoms with Crippen LogP contribution in [-0.2, 0) is 13.1 Å². The number of nitrogen functional groups attached to an aromatic ring is 1. The van der Waals surface area contributed by atoms with E-state index < -0.39 is 0 Å². The van der Waals surface area contributed by atoms with E-state index >= 15 is 0 Å². The number of nitrogens with one attached hydrogen (secondary N) is 1. The fraction of sp³-hybridized carbons (Fsp3) is 0.231. The van der Waals surface area contributed by atoms with Gasteiger partial charge in [0, 0.05) is 19.2 Å². The first kappa shape index (κ1) is 12.3. The van der Waals surface area contributed by atoms with E-state index in [2.05, 4.69) is 44.6 Å². The molecule has 2 aromatic rings. The highest BCUT2D eigenvalue weighted by atomic mass is 32.2. The van der Waals surface area contributed by atoms with Crippen molar-refractivity contribution in [3.8, 4) is 0 Å². The Morgan fingerprint density at radius 3 is 2.47 bits per heavy atom. The number of hydrogen-bond acceptors (Lipinski definition) is 6. The number of nitrogens with two attached hydrogens (primary N) is 1. The molecule has 3 rings (SSSR count). The largest absolute Gasteiger partial charge is 0.348 e. The van der Waals surface area contributed by atoms with Crippen LogP contribution < -0.4 is 16.2 Å². The fourth-order valence-corrected chi connectivity index (χ4v) is 2.61. The summed E-state index contributed by atoms with van der Waals surface area (Å²) in [5.74, 6) is 7.01. The Morgan fingerprint density at radius 2 is 1.89 bits per heavy atom. The molecule has 0 fully saturated rings. The summed E-state index contributed by atoms with van der Waals surface area (Å²) in [5, 5.41) is 0.724. The maximum atomic E-state index is 5.46. The minimum absolute atomic E-state index is 0.644. The van der Waals surface area contributed by atoms with Crippen molar-refractivity contribution in [2.75, 3.05) is 16.6 Å². The molecule has 5 nitrogen and oxygen atoms in total. The third-order valence-corrected chi connectivity index (χ3v) is 3.74. The smallest absolute Gasteiger partial charge is 0.191 e. The van der Waals surface area contributed by atoms with Crippen LogP contribution in [0.15, 0.2) is 35.5 Å². The van der Waals surface area contributed by atoms with E-state index in [4.69, 9.17) is 5.84 Å². The SMILES string of the molecule is CSc1nc(NN)cc(N2Cc3ccccc3C2)n1. The monoisotopic (exact) mass is 273 g/mol. The lowest BCUT2D eigenvalue weighted by atomic mass is 10.1. The highest BCUT2D eigenvalue weighted by Crippen LogP contribution is 2.28. The molecule has 1 aromatic carbocycles. The number of anilines is 2. The second-order valence-corrected chi connectivity index (χ2v) is 5.14. The number of benzene rings is 1. The molecule has 0 unspecified atom stereocenters. The molecule has 2 heterocycles. The Labute approximate surface area is 116 Å². The van der Waals surface area contributed by atoms with Gasteiger partial charge in [0.15, 0.2) is 5.16 Å². The normalized spacial score (nSPS) is 13.5. The molecule has 19 heavy (non-hydrogen) atoms. The van der Waals surface area contributed by atoms with Crippen LogP contribution in [0.25, 0.3) is 0 Å². The number of hydrazine groups is 1. The Morgan fingerprint density at radius 1 is 1.21 bits per heavy atom. The number of rotatable bonds is 3. The zero-order chi connectivity index (χ0) is 13.2. The van der Waals surface area contributed by atoms with Crippen molar-refractivity contribution in [2.24, 2.45) is 5.84 Å². The summed E-state index contributed by atoms with van der Waals surface area (Å²) in [6, 6.07) is 10.3. The van der Waals surface area contributed by atoms with Crippen molar-refractivity contribution in [1.29, 1.82) is 0 Å². The van der Waals surface area contributed by atoms with Crippen molar-refractivity contribution < 1.29 is 0 Å². The maximum Gasteiger partial charge on any atom is 0.191 e. The van der Waals surface area contributed by atoms with Crippen molar-refractivity contribution in [3.05, 3.63) is 41.5 Å². The van der Waals surface area contributed by atoms with Gasteiger partial charge in [-0.1, -0.05) is 36.0 Å². The zero-order valence-electron chi connectivity index (χ0n) is 10.6. The van der Waals surface area contributed by atoms with E-state index in [-0.39, 0.29) is 0 Å². The Balaban J connectivity index is 1.92. The minimum atomic E-state index is 0.644. The van der Waals surface area contributed by atoms with Gasteiger partial charge in [0.1, 0.15) is 11.6 Å². The van der Waals surface area contributed by atoms with E-state index in [1.54, 1.807) is 0 Å². The third kappa shape index (κ3) is 2.36. The summed E-state index contributed by atoms with van der Waals surface area (Å²) in [5.41, 5.74) is 5.31. The Hall–Kier alpha value is -1.79. The van der Waals surface area contributed by atoms with Gasteiger partial charge in [-0.05, 0) is 17.4 Å². The zero-order valence-corrected chi connectivity index (χ0v) is 11.4. The molecule has 0 bridgehead atoms. The lowest BCUT2D eigenvalue weighted by Crippen LogP contribution is -2.18. The Bertz CT molecular complexity index is 554. The van der Waals surface area contributed by atoms with Crippen LogP contribution in [0.1, 0.15) is 11.1 Å². The second kappa shape index (κ2) is 5.07. The molecular formula is C13H15N5S. The summed E-state index contributed by atoms with van der Waals surface area (Å²) in [6.45, 7) is 1.76. The van der Waals surface area contributed by atoms with Gasteiger partial charge in [-0.3, -0.25) is 0 Å². The first-order valence-corrected chi connectivity index (χ1v) is 7.24. The van der Waals surface area contributed by atoms with Crippen LogP contribution in [0.5, 0.6) is 0 Å². The first-order chi connectivity index (χ1) is 9.30. The van der Waals surface area contributed by atoms with E-state index in [0.717, 1.165) is 24.1 Å². The molecule has 0 spiro atoms. The van der Waals surface area contributed by atoms with Gasteiger partial charge < -0.3 is 10.3 Å². The number of thioether (sulfide) groups is 1. The predicted molar refractivity (Wildman–Crippen MR) is 78.0 cm³/mol. The van der Waals surface area contributed by atoms with Crippen LogP contribution in [0.2, 0.25) is 0 Å². The Kier molecular flexibility index (Phi) is 3.27. The minimum Gasteiger partial charge on any atom is -0.348 e. The quantitative estimate of drug-likeness (QED) is 0.386. The summed E-state index contributed by atoms with van der Waals surface area (Å²) in [6.07, 6.45) is 1.96. The highest BCUT2D eigenvalue weighted by Gasteiger charge is 2.20. The van der Waals surface area contributed by atoms with E-state index in [9.17, 15) is 0 Å². The van der Waals surface area contributed by atoms with E-state index in [1.165, 1.54) is 22.9 Å². The summed E-state index contributed by atoms with van der Waals surface area (Å²) < 4.78 is 0. The van der Waals surface area contributed by atoms with E-state index in [1.807, 2.05) is 12.3 Å². The fourth-order valence-electron chi connectivity index (χ4n) is 2.24. The van der Waals surface area contributed by atoms with Gasteiger partial charge in [0.05, 0.1) is 0 Å². The lowest BCUT2D eigenvalue weighted by molar-refractivity contribution is 0.825. The molecule has 1 aliphatic rings. The van der Waals surface area contributed by atoms with Crippen LogP contribution in [0.3, 0.4) is 0 Å². The van der Waals surface area contributed by atoms with Gasteiger partial charge in [0.25, 0.3) is 0 Å². The average Bonchev–Trinajstić information content (AvgIpc) is 2.90. The molecule has 0 saturated carbocycles. The van der Waals surface area contributed by atoms with Crippen molar-refractivity contribution in [2.45, 2.75) is 18.2 Å². The van der Waals surface area contributed by atoms with Crippen molar-refractivity contribution in [3.63, 3.8) is 0 Å². The van der Waals surface area contributed by atoms with Crippen molar-refractivity contribution >= 4 is 23.4 Å². The highest BCUT2D eigenvalue weighted by molar-refractivity contribution is 7.98. The third-order valence-electron chi connectivity index (χ3n) is 3.19. The van der Waals surface area contributed by atoms with Crippen LogP contribution in [-0.4, -0.2) is 16.2 Å². The predicted octanol–water partition coefficient (Wildman–Crippen LogP) is 2.00. The molecule has 0 atom stereocenters. The molecule has 3 N–H and O–H groups in total. The first-order valence-electron chi connectivity index (χ1n) is 6.01. The molecular weight excluding hydrogens is 258 g/mol. The lowest BCUT2D eigenvalue weighted by Gasteiger charge is -2.17. The average molecular weight is 273 g/mol. The summed E-state index contributed by atoms with van der Waals surface area (Å²) in [7, 11) is 0. The maximum absolute atomic E-state index is 5.46. The molecule has 0 radical (unpaired) electrons. The van der Waals surface area contributed by atoms with Gasteiger partial charge in [0.2, 0.25) is 0 Å². The number of hydrogen-bond donors (Lipinski definition) is 2. The van der Waals surface area contributed by atoms with E-state index in [0.29, 0.717) is 5.82 Å². The summed E-state index contributed by atoms with van der Waals surface area (Å²) in [4.78, 5) is 11.1. The number of aromatic nitrogens is 2. The van der Waals surface area contributed by atoms with Gasteiger partial charge in [-0.25, -0.2) is 15.8 Å². The molecule has 0 saturated heterocycles. The molecule has 0 amide bonds. The van der Waals surface area contributed by atoms with Gasteiger partial charge in [-0.2, -0.15) is 0 Å². The molecule has 1 aliphatic heterocycles. The van der Waals surface area contributed by atoms with Crippen LogP contribution in [0, 0.1) is 0 Å². The van der Waals surface area contributed by atoms with Gasteiger partial charge in [-0.15, -0.1) is 0 Å². The molecule has 98 valence electrons. The van der Waals surface area contributed by atoms with Crippen LogP contribution >= 0.6 is 11.8 Å². The summed E-state index contributed by atoms with van der Waals surface area (Å²) >= 11 is 1.51. The number of nitrogens with zero attached hydrogens (tertiary/aromatic N) is 3. The molecule has 6 heteroatoms. The standard InChI is InChI=1S/C13H15N5S/c1-19-13-15-11(17-14)6-12(16-13)18-7-9-4-2-3-5-10(9)8-18/h2-6H,7-8,14H2,1H3,(H,15,16,17). The topological polar surface area (TPSA) is 67.1 Å². The van der Waals surface area contributed by atoms with Crippen LogP contribution in [0.4, 0.5) is 11.6 Å². The molecule has 0 aliphatic carbocycles. The number of fused-ring (bicyclic) bond motifs is 1. The second-order valence-electron chi connectivity index (χ2n) is 4.37. The molecule has 1 aromatic heterocycles. The van der Waals surface area contributed by atoms with Gasteiger partial charge >= 0.3 is 0 Å². The van der Waals surface area contributed by atoms with Crippen molar-refractivity contribution in [1.82, 2.24) is 9.97 Å².